The lowest BCUT2D eigenvalue weighted by Crippen LogP contribution is -2.45. The lowest BCUT2D eigenvalue weighted by atomic mass is 9.97. The Morgan fingerprint density at radius 1 is 1.39 bits per heavy atom. The van der Waals surface area contributed by atoms with Gasteiger partial charge in [0.25, 0.3) is 0 Å². The summed E-state index contributed by atoms with van der Waals surface area (Å²) in [6.45, 7) is 1.41. The minimum absolute atomic E-state index is 0.220. The number of nitrogens with zero attached hydrogens (tertiary/aromatic N) is 1. The fourth-order valence-corrected chi connectivity index (χ4v) is 1.58. The van der Waals surface area contributed by atoms with Gasteiger partial charge in [-0.2, -0.15) is 5.26 Å². The van der Waals surface area contributed by atoms with Crippen molar-refractivity contribution in [2.75, 3.05) is 25.6 Å². The lowest BCUT2D eigenvalue weighted by molar-refractivity contribution is 0.132. The zero-order valence-electron chi connectivity index (χ0n) is 10.6. The highest BCUT2D eigenvalue weighted by molar-refractivity contribution is 5.61. The number of rotatable bonds is 6. The summed E-state index contributed by atoms with van der Waals surface area (Å²) in [5, 5.41) is 30.9. The molecule has 1 aromatic rings. The molecule has 0 fully saturated rings. The van der Waals surface area contributed by atoms with Crippen LogP contribution in [0.4, 0.5) is 5.69 Å². The van der Waals surface area contributed by atoms with Gasteiger partial charge in [-0.3, -0.25) is 0 Å². The third-order valence-corrected chi connectivity index (χ3v) is 3.03. The van der Waals surface area contributed by atoms with Crippen LogP contribution in [0.5, 0.6) is 5.75 Å². The minimum atomic E-state index is -0.835. The fourth-order valence-electron chi connectivity index (χ4n) is 1.58. The van der Waals surface area contributed by atoms with Gasteiger partial charge >= 0.3 is 0 Å². The second kappa shape index (κ2) is 6.24. The molecule has 98 valence electrons. The molecule has 0 spiro atoms. The molecule has 1 aromatic carbocycles. The monoisotopic (exact) mass is 250 g/mol. The van der Waals surface area contributed by atoms with Crippen molar-refractivity contribution in [1.29, 1.82) is 5.26 Å². The molecular weight excluding hydrogens is 232 g/mol. The summed E-state index contributed by atoms with van der Waals surface area (Å²) in [6.07, 6.45) is 0.530. The predicted molar refractivity (Wildman–Crippen MR) is 68.5 cm³/mol. The maximum atomic E-state index is 9.39. The Morgan fingerprint density at radius 3 is 2.50 bits per heavy atom. The second-order valence-corrected chi connectivity index (χ2v) is 4.10. The smallest absolute Gasteiger partial charge is 0.121 e. The highest BCUT2D eigenvalue weighted by Gasteiger charge is 2.27. The van der Waals surface area contributed by atoms with Gasteiger partial charge in [-0.05, 0) is 18.6 Å². The van der Waals surface area contributed by atoms with Crippen molar-refractivity contribution in [2.24, 2.45) is 0 Å². The van der Waals surface area contributed by atoms with E-state index in [1.165, 1.54) is 7.11 Å². The van der Waals surface area contributed by atoms with Gasteiger partial charge in [0.1, 0.15) is 11.8 Å². The third-order valence-electron chi connectivity index (χ3n) is 3.03. The van der Waals surface area contributed by atoms with Crippen molar-refractivity contribution in [3.8, 4) is 11.8 Å². The van der Waals surface area contributed by atoms with Crippen LogP contribution in [0.25, 0.3) is 0 Å². The number of aliphatic hydroxyl groups excluding tert-OH is 2. The number of anilines is 1. The summed E-state index contributed by atoms with van der Waals surface area (Å²) in [4.78, 5) is 0. The zero-order valence-corrected chi connectivity index (χ0v) is 10.6. The van der Waals surface area contributed by atoms with E-state index in [4.69, 9.17) is 10.00 Å². The van der Waals surface area contributed by atoms with Crippen molar-refractivity contribution >= 4 is 5.69 Å². The Kier molecular flexibility index (Phi) is 4.95. The zero-order chi connectivity index (χ0) is 13.6. The Balaban J connectivity index is 3.12. The van der Waals surface area contributed by atoms with Crippen LogP contribution in [0, 0.1) is 11.3 Å². The Bertz CT molecular complexity index is 428. The Hall–Kier alpha value is -1.77. The second-order valence-electron chi connectivity index (χ2n) is 4.10. The van der Waals surface area contributed by atoms with Crippen LogP contribution in [0.1, 0.15) is 18.9 Å². The highest BCUT2D eigenvalue weighted by Crippen LogP contribution is 2.26. The fraction of sp³-hybridized carbons (Fsp3) is 0.462. The van der Waals surface area contributed by atoms with Crippen LogP contribution in [-0.2, 0) is 0 Å². The summed E-state index contributed by atoms with van der Waals surface area (Å²) >= 11 is 0. The first-order valence-corrected chi connectivity index (χ1v) is 5.72. The third kappa shape index (κ3) is 2.92. The number of hydrogen-bond donors (Lipinski definition) is 3. The first-order valence-electron chi connectivity index (χ1n) is 5.72. The van der Waals surface area contributed by atoms with Gasteiger partial charge in [0.05, 0.1) is 37.1 Å². The number of nitriles is 1. The van der Waals surface area contributed by atoms with E-state index in [-0.39, 0.29) is 13.2 Å². The van der Waals surface area contributed by atoms with E-state index in [9.17, 15) is 10.2 Å². The molecule has 0 bridgehead atoms. The van der Waals surface area contributed by atoms with E-state index in [2.05, 4.69) is 11.4 Å². The summed E-state index contributed by atoms with van der Waals surface area (Å²) in [5.41, 5.74) is 0.148. The van der Waals surface area contributed by atoms with Crippen molar-refractivity contribution in [1.82, 2.24) is 0 Å². The van der Waals surface area contributed by atoms with E-state index in [1.807, 2.05) is 6.92 Å². The first-order chi connectivity index (χ1) is 8.64. The Morgan fingerprint density at radius 2 is 2.06 bits per heavy atom. The molecule has 0 atom stereocenters. The Labute approximate surface area is 107 Å². The molecule has 0 heterocycles. The molecule has 0 aliphatic carbocycles. The average molecular weight is 250 g/mol. The molecule has 0 aromatic heterocycles. The van der Waals surface area contributed by atoms with Gasteiger partial charge in [0, 0.05) is 6.07 Å². The van der Waals surface area contributed by atoms with Gasteiger partial charge in [-0.25, -0.2) is 0 Å². The quantitative estimate of drug-likeness (QED) is 0.704. The van der Waals surface area contributed by atoms with Crippen molar-refractivity contribution < 1.29 is 14.9 Å². The summed E-state index contributed by atoms with van der Waals surface area (Å²) in [7, 11) is 1.54. The molecule has 0 saturated heterocycles. The van der Waals surface area contributed by atoms with E-state index in [0.29, 0.717) is 23.4 Å². The van der Waals surface area contributed by atoms with Crippen molar-refractivity contribution in [3.05, 3.63) is 23.8 Å². The van der Waals surface area contributed by atoms with Crippen molar-refractivity contribution in [2.45, 2.75) is 18.9 Å². The first kappa shape index (κ1) is 14.3. The standard InChI is InChI=1S/C13H18N2O3/c1-3-13(8-16,9-17)15-12-6-11(18-2)5-4-10(12)7-14/h4-6,15-17H,3,8-9H2,1-2H3. The van der Waals surface area contributed by atoms with E-state index in [0.717, 1.165) is 0 Å². The van der Waals surface area contributed by atoms with Crippen LogP contribution in [0.3, 0.4) is 0 Å². The van der Waals surface area contributed by atoms with E-state index in [1.54, 1.807) is 18.2 Å². The van der Waals surface area contributed by atoms with Gasteiger partial charge < -0.3 is 20.3 Å². The number of methoxy groups -OCH3 is 1. The van der Waals surface area contributed by atoms with Gasteiger partial charge in [-0.1, -0.05) is 6.92 Å². The molecule has 0 unspecified atom stereocenters. The molecule has 1 rings (SSSR count). The van der Waals surface area contributed by atoms with Gasteiger partial charge in [0.2, 0.25) is 0 Å². The van der Waals surface area contributed by atoms with E-state index < -0.39 is 5.54 Å². The molecule has 0 aliphatic rings. The van der Waals surface area contributed by atoms with Crippen LogP contribution < -0.4 is 10.1 Å². The van der Waals surface area contributed by atoms with Crippen LogP contribution in [-0.4, -0.2) is 36.1 Å². The van der Waals surface area contributed by atoms with Crippen LogP contribution in [0.2, 0.25) is 0 Å². The van der Waals surface area contributed by atoms with Gasteiger partial charge in [0.15, 0.2) is 0 Å². The average Bonchev–Trinajstić information content (AvgIpc) is 2.44. The number of ether oxygens (including phenoxy) is 1. The molecule has 0 amide bonds. The molecule has 5 nitrogen and oxygen atoms in total. The maximum absolute atomic E-state index is 9.39. The highest BCUT2D eigenvalue weighted by atomic mass is 16.5. The largest absolute Gasteiger partial charge is 0.497 e. The van der Waals surface area contributed by atoms with Gasteiger partial charge in [-0.15, -0.1) is 0 Å². The molecule has 18 heavy (non-hydrogen) atoms. The van der Waals surface area contributed by atoms with Crippen LogP contribution in [0.15, 0.2) is 18.2 Å². The maximum Gasteiger partial charge on any atom is 0.121 e. The van der Waals surface area contributed by atoms with Crippen LogP contribution >= 0.6 is 0 Å². The SMILES string of the molecule is CCC(CO)(CO)Nc1cc(OC)ccc1C#N. The number of benzene rings is 1. The molecule has 3 N–H and O–H groups in total. The molecule has 0 aliphatic heterocycles. The summed E-state index contributed by atoms with van der Waals surface area (Å²) in [5.74, 6) is 0.609. The number of aliphatic hydroxyl groups is 2. The summed E-state index contributed by atoms with van der Waals surface area (Å²) in [6, 6.07) is 7.06. The normalized spacial score (nSPS) is 10.8. The molecular formula is C13H18N2O3. The molecule has 0 saturated carbocycles. The van der Waals surface area contributed by atoms with E-state index >= 15 is 0 Å². The lowest BCUT2D eigenvalue weighted by Gasteiger charge is -2.31. The predicted octanol–water partition coefficient (Wildman–Crippen LogP) is 1.11. The topological polar surface area (TPSA) is 85.5 Å². The van der Waals surface area contributed by atoms with Crippen molar-refractivity contribution in [3.63, 3.8) is 0 Å². The number of nitrogens with one attached hydrogen (secondary N) is 1. The molecule has 5 heteroatoms. The summed E-state index contributed by atoms with van der Waals surface area (Å²) < 4.78 is 5.10. The number of hydrogen-bond acceptors (Lipinski definition) is 5. The minimum Gasteiger partial charge on any atom is -0.497 e. The molecule has 0 radical (unpaired) electrons.